The Balaban J connectivity index is 0.00000420. The average molecular weight is 518 g/mol. The first kappa shape index (κ1) is 25.5. The second kappa shape index (κ2) is 12.2. The van der Waals surface area contributed by atoms with E-state index >= 15 is 0 Å². The highest BCUT2D eigenvalue weighted by molar-refractivity contribution is 14.0. The Morgan fingerprint density at radius 1 is 1.34 bits per heavy atom. The molecule has 1 fully saturated rings. The number of hydrogen-bond acceptors (Lipinski definition) is 4. The van der Waals surface area contributed by atoms with Crippen molar-refractivity contribution in [1.29, 1.82) is 0 Å². The van der Waals surface area contributed by atoms with Crippen molar-refractivity contribution < 1.29 is 14.3 Å². The normalized spacial score (nSPS) is 16.7. The number of nitrogens with one attached hydrogen (secondary N) is 3. The van der Waals surface area contributed by atoms with Gasteiger partial charge in [0, 0.05) is 32.1 Å². The van der Waals surface area contributed by atoms with Crippen LogP contribution in [0.15, 0.2) is 23.2 Å². The summed E-state index contributed by atoms with van der Waals surface area (Å²) in [5, 5.41) is 9.20. The number of halogens is 1. The first-order valence-electron chi connectivity index (χ1n) is 9.94. The molecule has 1 aliphatic heterocycles. The van der Waals surface area contributed by atoms with Crippen molar-refractivity contribution in [2.75, 3.05) is 33.4 Å². The van der Waals surface area contributed by atoms with Crippen LogP contribution in [-0.2, 0) is 16.1 Å². The number of ether oxygens (including phenoxy) is 2. The van der Waals surface area contributed by atoms with Crippen LogP contribution in [-0.4, -0.2) is 51.3 Å². The molecule has 8 heteroatoms. The van der Waals surface area contributed by atoms with E-state index in [9.17, 15) is 4.79 Å². The molecule has 0 saturated carbocycles. The molecule has 1 atom stereocenters. The molecule has 0 bridgehead atoms. The van der Waals surface area contributed by atoms with Crippen molar-refractivity contribution in [2.45, 2.75) is 46.8 Å². The summed E-state index contributed by atoms with van der Waals surface area (Å²) in [6.07, 6.45) is 1.01. The molecule has 1 heterocycles. The topological polar surface area (TPSA) is 84.0 Å². The third kappa shape index (κ3) is 8.00. The maximum absolute atomic E-state index is 12.0. The standard InChI is InChI=1S/C21H34N4O3.HI/c1-6-23-20(25-14-21(3,4)19(26)22-5)24-12-16-8-7-15(2)11-18(16)28-17-9-10-27-13-17;/h7-8,11,17H,6,9-10,12-14H2,1-5H3,(H,22,26)(H2,23,24,25);1H. The average Bonchev–Trinajstić information content (AvgIpc) is 3.17. The summed E-state index contributed by atoms with van der Waals surface area (Å²) < 4.78 is 11.6. The Bertz CT molecular complexity index is 689. The molecule has 3 N–H and O–H groups in total. The first-order chi connectivity index (χ1) is 13.4. The molecule has 0 radical (unpaired) electrons. The van der Waals surface area contributed by atoms with E-state index in [1.165, 1.54) is 0 Å². The number of nitrogens with zero attached hydrogens (tertiary/aromatic N) is 1. The van der Waals surface area contributed by atoms with Crippen molar-refractivity contribution in [3.05, 3.63) is 29.3 Å². The fourth-order valence-corrected chi connectivity index (χ4v) is 2.92. The molecule has 164 valence electrons. The van der Waals surface area contributed by atoms with Crippen LogP contribution in [0.25, 0.3) is 0 Å². The Morgan fingerprint density at radius 3 is 2.72 bits per heavy atom. The van der Waals surface area contributed by atoms with Crippen LogP contribution < -0.4 is 20.7 Å². The zero-order valence-corrected chi connectivity index (χ0v) is 20.5. The maximum Gasteiger partial charge on any atom is 0.227 e. The highest BCUT2D eigenvalue weighted by atomic mass is 127. The minimum absolute atomic E-state index is 0. The van der Waals surface area contributed by atoms with Crippen LogP contribution in [0.4, 0.5) is 0 Å². The second-order valence-electron chi connectivity index (χ2n) is 7.73. The number of benzene rings is 1. The Labute approximate surface area is 191 Å². The monoisotopic (exact) mass is 518 g/mol. The number of rotatable bonds is 8. The van der Waals surface area contributed by atoms with E-state index in [1.54, 1.807) is 7.05 Å². The van der Waals surface area contributed by atoms with E-state index in [-0.39, 0.29) is 36.0 Å². The highest BCUT2D eigenvalue weighted by Crippen LogP contribution is 2.24. The summed E-state index contributed by atoms with van der Waals surface area (Å²) >= 11 is 0. The van der Waals surface area contributed by atoms with Gasteiger partial charge in [-0.3, -0.25) is 4.79 Å². The van der Waals surface area contributed by atoms with Crippen LogP contribution in [0.3, 0.4) is 0 Å². The molecule has 1 unspecified atom stereocenters. The van der Waals surface area contributed by atoms with Crippen molar-refractivity contribution in [2.24, 2.45) is 10.4 Å². The molecule has 2 rings (SSSR count). The summed E-state index contributed by atoms with van der Waals surface area (Å²) in [7, 11) is 1.65. The van der Waals surface area contributed by atoms with Gasteiger partial charge in [0.05, 0.1) is 25.2 Å². The summed E-state index contributed by atoms with van der Waals surface area (Å²) in [5.74, 6) is 1.53. The third-order valence-electron chi connectivity index (χ3n) is 4.70. The van der Waals surface area contributed by atoms with Crippen LogP contribution in [0, 0.1) is 12.3 Å². The Morgan fingerprint density at radius 2 is 2.10 bits per heavy atom. The smallest absolute Gasteiger partial charge is 0.227 e. The van der Waals surface area contributed by atoms with Crippen molar-refractivity contribution in [1.82, 2.24) is 16.0 Å². The van der Waals surface area contributed by atoms with Gasteiger partial charge in [-0.05, 0) is 39.3 Å². The zero-order valence-electron chi connectivity index (χ0n) is 18.1. The molecule has 7 nitrogen and oxygen atoms in total. The third-order valence-corrected chi connectivity index (χ3v) is 4.70. The molecule has 0 spiro atoms. The molecule has 1 amide bonds. The molecule has 1 aliphatic rings. The van der Waals surface area contributed by atoms with E-state index in [4.69, 9.17) is 9.47 Å². The number of guanidine groups is 1. The number of amides is 1. The van der Waals surface area contributed by atoms with Crippen molar-refractivity contribution >= 4 is 35.8 Å². The van der Waals surface area contributed by atoms with Crippen LogP contribution in [0.2, 0.25) is 0 Å². The number of carbonyl (C=O) groups excluding carboxylic acids is 1. The van der Waals surface area contributed by atoms with Gasteiger partial charge in [-0.25, -0.2) is 4.99 Å². The minimum Gasteiger partial charge on any atom is -0.488 e. The molecule has 1 aromatic carbocycles. The molecular weight excluding hydrogens is 483 g/mol. The molecule has 29 heavy (non-hydrogen) atoms. The Hall–Kier alpha value is -1.55. The van der Waals surface area contributed by atoms with Crippen molar-refractivity contribution in [3.8, 4) is 5.75 Å². The lowest BCUT2D eigenvalue weighted by Gasteiger charge is -2.24. The number of aliphatic imine (C=N–C) groups is 1. The van der Waals surface area contributed by atoms with Gasteiger partial charge in [0.1, 0.15) is 11.9 Å². The summed E-state index contributed by atoms with van der Waals surface area (Å²) in [4.78, 5) is 16.7. The van der Waals surface area contributed by atoms with Crippen LogP contribution in [0.1, 0.15) is 38.3 Å². The van der Waals surface area contributed by atoms with Gasteiger partial charge in [-0.15, -0.1) is 24.0 Å². The predicted molar refractivity (Wildman–Crippen MR) is 127 cm³/mol. The number of aryl methyl sites for hydroxylation is 1. The van der Waals surface area contributed by atoms with Crippen molar-refractivity contribution in [3.63, 3.8) is 0 Å². The van der Waals surface area contributed by atoms with E-state index in [0.717, 1.165) is 36.4 Å². The lowest BCUT2D eigenvalue weighted by molar-refractivity contribution is -0.128. The van der Waals surface area contributed by atoms with E-state index in [2.05, 4.69) is 46.1 Å². The minimum atomic E-state index is -0.536. The van der Waals surface area contributed by atoms with Crippen LogP contribution >= 0.6 is 24.0 Å². The fourth-order valence-electron chi connectivity index (χ4n) is 2.92. The number of hydrogen-bond donors (Lipinski definition) is 3. The van der Waals surface area contributed by atoms with Gasteiger partial charge < -0.3 is 25.4 Å². The number of carbonyl (C=O) groups is 1. The quantitative estimate of drug-likeness (QED) is 0.280. The van der Waals surface area contributed by atoms with Gasteiger partial charge in [-0.2, -0.15) is 0 Å². The molecule has 1 aromatic rings. The highest BCUT2D eigenvalue weighted by Gasteiger charge is 2.26. The molecular formula is C21H35IN4O3. The summed E-state index contributed by atoms with van der Waals surface area (Å²) in [5.41, 5.74) is 1.64. The van der Waals surface area contributed by atoms with Gasteiger partial charge >= 0.3 is 0 Å². The van der Waals surface area contributed by atoms with Gasteiger partial charge in [0.2, 0.25) is 5.91 Å². The summed E-state index contributed by atoms with van der Waals surface area (Å²) in [6.45, 7) is 11.0. The van der Waals surface area contributed by atoms with Gasteiger partial charge in [0.15, 0.2) is 5.96 Å². The van der Waals surface area contributed by atoms with Gasteiger partial charge in [0.25, 0.3) is 0 Å². The Kier molecular flexibility index (Phi) is 10.7. The zero-order chi connectivity index (χ0) is 20.6. The predicted octanol–water partition coefficient (Wildman–Crippen LogP) is 2.61. The molecule has 0 aromatic heterocycles. The summed E-state index contributed by atoms with van der Waals surface area (Å²) in [6, 6.07) is 6.18. The molecule has 1 saturated heterocycles. The first-order valence-corrected chi connectivity index (χ1v) is 9.94. The van der Waals surface area contributed by atoms with Crippen LogP contribution in [0.5, 0.6) is 5.75 Å². The van der Waals surface area contributed by atoms with E-state index in [1.807, 2.05) is 20.8 Å². The molecule has 0 aliphatic carbocycles. The largest absolute Gasteiger partial charge is 0.488 e. The SMILES string of the molecule is CCNC(=NCc1ccc(C)cc1OC1CCOC1)NCC(C)(C)C(=O)NC.I. The fraction of sp³-hybridized carbons (Fsp3) is 0.619. The van der Waals surface area contributed by atoms with E-state index in [0.29, 0.717) is 25.7 Å². The lowest BCUT2D eigenvalue weighted by Crippen LogP contribution is -2.47. The van der Waals surface area contributed by atoms with E-state index < -0.39 is 5.41 Å². The van der Waals surface area contributed by atoms with Gasteiger partial charge in [-0.1, -0.05) is 12.1 Å². The maximum atomic E-state index is 12.0. The second-order valence-corrected chi connectivity index (χ2v) is 7.73. The lowest BCUT2D eigenvalue weighted by atomic mass is 9.92.